The second kappa shape index (κ2) is 16.6. The Morgan fingerprint density at radius 1 is 0.274 bits per heavy atom. The predicted molar refractivity (Wildman–Crippen MR) is 306 cm³/mol. The van der Waals surface area contributed by atoms with Crippen LogP contribution in [0, 0.1) is 27.7 Å². The Morgan fingerprint density at radius 2 is 0.616 bits per heavy atom. The number of rotatable bonds is 7. The molecule has 0 aliphatic rings. The lowest BCUT2D eigenvalue weighted by Gasteiger charge is -2.16. The molecule has 0 radical (unpaired) electrons. The van der Waals surface area contributed by atoms with Gasteiger partial charge >= 0.3 is 0 Å². The lowest BCUT2D eigenvalue weighted by atomic mass is 9.94. The summed E-state index contributed by atoms with van der Waals surface area (Å²) in [5.74, 6) is 0.718. The maximum Gasteiger partial charge on any atom is 0.160 e. The summed E-state index contributed by atoms with van der Waals surface area (Å²) >= 11 is 0. The van der Waals surface area contributed by atoms with Crippen LogP contribution in [0.5, 0.6) is 0 Å². The van der Waals surface area contributed by atoms with Crippen LogP contribution in [-0.4, -0.2) is 23.7 Å². The highest BCUT2D eigenvalue weighted by Gasteiger charge is 2.21. The molecule has 0 fully saturated rings. The van der Waals surface area contributed by atoms with Crippen LogP contribution in [0.3, 0.4) is 0 Å². The number of benzene rings is 10. The summed E-state index contributed by atoms with van der Waals surface area (Å²) in [5, 5.41) is 7.42. The van der Waals surface area contributed by atoms with E-state index in [0.717, 1.165) is 62.0 Å². The van der Waals surface area contributed by atoms with Crippen molar-refractivity contribution in [3.05, 3.63) is 247 Å². The number of aromatic nitrogens is 5. The van der Waals surface area contributed by atoms with Crippen molar-refractivity contribution in [1.29, 1.82) is 0 Å². The van der Waals surface area contributed by atoms with E-state index in [1.807, 2.05) is 0 Å². The smallest absolute Gasteiger partial charge is 0.160 e. The molecule has 346 valence electrons. The third kappa shape index (κ3) is 6.92. The van der Waals surface area contributed by atoms with E-state index >= 15 is 0 Å². The Balaban J connectivity index is 0.909. The monoisotopic (exact) mass is 935 g/mol. The molecule has 5 nitrogen and oxygen atoms in total. The first kappa shape index (κ1) is 42.5. The molecule has 14 rings (SSSR count). The summed E-state index contributed by atoms with van der Waals surface area (Å²) in [6.07, 6.45) is 0. The molecule has 0 saturated heterocycles. The van der Waals surface area contributed by atoms with Crippen molar-refractivity contribution >= 4 is 65.4 Å². The van der Waals surface area contributed by atoms with Crippen molar-refractivity contribution < 1.29 is 0 Å². The average Bonchev–Trinajstić information content (AvgIpc) is 4.06. The van der Waals surface area contributed by atoms with Crippen molar-refractivity contribution in [2.45, 2.75) is 27.7 Å². The minimum absolute atomic E-state index is 0.718. The molecular formula is C68H49N5. The number of hydrogen-bond donors (Lipinski definition) is 0. The molecule has 0 N–H and O–H groups in total. The van der Waals surface area contributed by atoms with Crippen LogP contribution in [-0.2, 0) is 0 Å². The zero-order valence-electron chi connectivity index (χ0n) is 41.1. The Bertz CT molecular complexity index is 4140. The number of fused-ring (bicyclic) bond motifs is 9. The summed E-state index contributed by atoms with van der Waals surface area (Å²) in [7, 11) is 0. The maximum atomic E-state index is 5.15. The zero-order valence-corrected chi connectivity index (χ0v) is 41.1. The second-order valence-corrected chi connectivity index (χ2v) is 19.7. The van der Waals surface area contributed by atoms with Gasteiger partial charge in [-0.25, -0.2) is 9.97 Å². The summed E-state index contributed by atoms with van der Waals surface area (Å²) in [4.78, 5) is 10.2. The number of nitrogens with zero attached hydrogens (tertiary/aromatic N) is 5. The molecule has 0 spiro atoms. The van der Waals surface area contributed by atoms with Crippen LogP contribution in [0.2, 0.25) is 0 Å². The van der Waals surface area contributed by atoms with E-state index in [1.54, 1.807) is 0 Å². The van der Waals surface area contributed by atoms with Gasteiger partial charge in [0.1, 0.15) is 0 Å². The number of para-hydroxylation sites is 4. The SMILES string of the molecule is Cc1ccc(-c2cc(-c3ccc(-c4c(C)cc(-n5c6ccc(-n7c8ccccc8c8ccccc87)cc6c6cc(-n7c8ccccc8c8ccccc87)ccc65)cc4C)cc3)nc(-c3ccc(C)cc3)n2)cc1. The third-order valence-electron chi connectivity index (χ3n) is 15.0. The highest BCUT2D eigenvalue weighted by molar-refractivity contribution is 6.14. The average molecular weight is 936 g/mol. The summed E-state index contributed by atoms with van der Waals surface area (Å²) in [6.45, 7) is 8.72. The Kier molecular flexibility index (Phi) is 9.70. The molecule has 0 aliphatic heterocycles. The van der Waals surface area contributed by atoms with Crippen LogP contribution in [0.25, 0.3) is 128 Å². The van der Waals surface area contributed by atoms with Gasteiger partial charge in [-0.15, -0.1) is 0 Å². The van der Waals surface area contributed by atoms with Crippen LogP contribution < -0.4 is 0 Å². The topological polar surface area (TPSA) is 40.6 Å². The van der Waals surface area contributed by atoms with E-state index in [9.17, 15) is 0 Å². The molecule has 0 unspecified atom stereocenters. The molecule has 73 heavy (non-hydrogen) atoms. The van der Waals surface area contributed by atoms with Crippen LogP contribution in [0.4, 0.5) is 0 Å². The van der Waals surface area contributed by atoms with E-state index < -0.39 is 0 Å². The standard InChI is InChI=1S/C68H49N5/c1-42-21-25-46(26-22-42)59-41-60(70-68(69-59)49-27-23-43(2)24-28-49)47-29-31-48(32-30-47)67-44(3)37-52(38-45(67)4)73-65-35-33-50(71-61-17-9-5-13-53(61)54-14-6-10-18-62(54)71)39-57(65)58-40-51(34-36-66(58)73)72-63-19-11-7-15-55(63)56-16-8-12-20-64(56)72/h5-41H,1-4H3. The first-order valence-electron chi connectivity index (χ1n) is 25.1. The van der Waals surface area contributed by atoms with E-state index in [1.165, 1.54) is 87.8 Å². The van der Waals surface area contributed by atoms with E-state index in [4.69, 9.17) is 9.97 Å². The highest BCUT2D eigenvalue weighted by Crippen LogP contribution is 2.41. The first-order chi connectivity index (χ1) is 35.8. The van der Waals surface area contributed by atoms with E-state index in [-0.39, 0.29) is 0 Å². The van der Waals surface area contributed by atoms with Crippen molar-refractivity contribution in [2.75, 3.05) is 0 Å². The van der Waals surface area contributed by atoms with Gasteiger partial charge in [0.2, 0.25) is 0 Å². The largest absolute Gasteiger partial charge is 0.309 e. The van der Waals surface area contributed by atoms with Crippen molar-refractivity contribution in [2.24, 2.45) is 0 Å². The minimum atomic E-state index is 0.718. The van der Waals surface area contributed by atoms with Gasteiger partial charge in [0.25, 0.3) is 0 Å². The van der Waals surface area contributed by atoms with Gasteiger partial charge in [0.05, 0.1) is 44.5 Å². The molecular weight excluding hydrogens is 887 g/mol. The lowest BCUT2D eigenvalue weighted by Crippen LogP contribution is -1.99. The van der Waals surface area contributed by atoms with Crippen molar-refractivity contribution in [1.82, 2.24) is 23.7 Å². The molecule has 0 aliphatic carbocycles. The fourth-order valence-electron chi connectivity index (χ4n) is 11.6. The van der Waals surface area contributed by atoms with Crippen molar-refractivity contribution in [3.63, 3.8) is 0 Å². The van der Waals surface area contributed by atoms with Crippen LogP contribution in [0.15, 0.2) is 224 Å². The minimum Gasteiger partial charge on any atom is -0.309 e. The summed E-state index contributed by atoms with van der Waals surface area (Å²) in [5.41, 5.74) is 22.7. The first-order valence-corrected chi connectivity index (χ1v) is 25.1. The molecule has 5 heteroatoms. The Labute approximate surface area is 423 Å². The van der Waals surface area contributed by atoms with E-state index in [0.29, 0.717) is 0 Å². The highest BCUT2D eigenvalue weighted by atomic mass is 15.0. The molecule has 0 atom stereocenters. The van der Waals surface area contributed by atoms with Gasteiger partial charge in [0.15, 0.2) is 5.82 Å². The van der Waals surface area contributed by atoms with Gasteiger partial charge in [0, 0.05) is 66.1 Å². The van der Waals surface area contributed by atoms with Crippen LogP contribution in [0.1, 0.15) is 22.3 Å². The summed E-state index contributed by atoms with van der Waals surface area (Å²) < 4.78 is 7.32. The van der Waals surface area contributed by atoms with Gasteiger partial charge in [-0.3, -0.25) is 0 Å². The Morgan fingerprint density at radius 3 is 1.04 bits per heavy atom. The molecule has 10 aromatic carbocycles. The molecule has 14 aromatic rings. The zero-order chi connectivity index (χ0) is 48.9. The van der Waals surface area contributed by atoms with Crippen molar-refractivity contribution in [3.8, 4) is 62.1 Å². The molecule has 0 amide bonds. The van der Waals surface area contributed by atoms with Gasteiger partial charge in [-0.1, -0.05) is 157 Å². The van der Waals surface area contributed by atoms with Gasteiger partial charge in [-0.2, -0.15) is 0 Å². The van der Waals surface area contributed by atoms with Gasteiger partial charge in [-0.05, 0) is 129 Å². The third-order valence-corrected chi connectivity index (χ3v) is 15.0. The predicted octanol–water partition coefficient (Wildman–Crippen LogP) is 17.7. The number of aryl methyl sites for hydroxylation is 4. The number of hydrogen-bond acceptors (Lipinski definition) is 2. The molecule has 4 aromatic heterocycles. The normalized spacial score (nSPS) is 11.8. The summed E-state index contributed by atoms with van der Waals surface area (Å²) in [6, 6.07) is 81.9. The Hall–Kier alpha value is -9.32. The lowest BCUT2D eigenvalue weighted by molar-refractivity contribution is 1.15. The van der Waals surface area contributed by atoms with E-state index in [2.05, 4.69) is 266 Å². The second-order valence-electron chi connectivity index (χ2n) is 19.7. The van der Waals surface area contributed by atoms with Gasteiger partial charge < -0.3 is 13.7 Å². The fraction of sp³-hybridized carbons (Fsp3) is 0.0588. The quantitative estimate of drug-likeness (QED) is 0.160. The molecule has 0 saturated carbocycles. The maximum absolute atomic E-state index is 5.15. The fourth-order valence-corrected chi connectivity index (χ4v) is 11.6. The van der Waals surface area contributed by atoms with Crippen LogP contribution >= 0.6 is 0 Å². The molecule has 0 bridgehead atoms. The molecule has 4 heterocycles.